The molecule has 2 aromatic heterocycles. The number of fused-ring (bicyclic) bond motifs is 5. The Hall–Kier alpha value is -3.51. The highest BCUT2D eigenvalue weighted by Crippen LogP contribution is 2.44. The minimum absolute atomic E-state index is 0.0558. The molecule has 36 heavy (non-hydrogen) atoms. The predicted octanol–water partition coefficient (Wildman–Crippen LogP) is 6.55. The number of hydrogen-bond acceptors (Lipinski definition) is 3. The molecule has 6 heteroatoms. The third-order valence-electron chi connectivity index (χ3n) is 7.41. The van der Waals surface area contributed by atoms with Gasteiger partial charge in [0.2, 0.25) is 0 Å². The number of ether oxygens (including phenoxy) is 1. The van der Waals surface area contributed by atoms with Crippen molar-refractivity contribution in [2.24, 2.45) is 0 Å². The number of rotatable bonds is 4. The van der Waals surface area contributed by atoms with Crippen molar-refractivity contribution in [3.63, 3.8) is 0 Å². The van der Waals surface area contributed by atoms with E-state index >= 15 is 0 Å². The Morgan fingerprint density at radius 2 is 1.89 bits per heavy atom. The number of carbonyl (C=O) groups excluding carboxylic acids is 1. The largest absolute Gasteiger partial charge is 0.497 e. The summed E-state index contributed by atoms with van der Waals surface area (Å²) in [5.74, 6) is 0.793. The van der Waals surface area contributed by atoms with E-state index < -0.39 is 0 Å². The number of thiophene rings is 1. The van der Waals surface area contributed by atoms with Gasteiger partial charge in [-0.3, -0.25) is 0 Å². The third kappa shape index (κ3) is 4.09. The number of nitrogens with zero attached hydrogens (tertiary/aromatic N) is 2. The van der Waals surface area contributed by atoms with Crippen LogP contribution in [0.3, 0.4) is 0 Å². The Morgan fingerprint density at radius 3 is 2.72 bits per heavy atom. The van der Waals surface area contributed by atoms with Gasteiger partial charge in [-0.15, -0.1) is 11.3 Å². The summed E-state index contributed by atoms with van der Waals surface area (Å²) < 4.78 is 7.70. The van der Waals surface area contributed by atoms with E-state index in [0.29, 0.717) is 13.1 Å². The summed E-state index contributed by atoms with van der Waals surface area (Å²) in [7, 11) is 1.66. The number of amides is 2. The number of methoxy groups -OCH3 is 1. The molecule has 0 saturated carbocycles. The molecule has 0 saturated heterocycles. The Balaban J connectivity index is 1.41. The average Bonchev–Trinajstić information content (AvgIpc) is 3.50. The standard InChI is InChI=1S/C30H31N3O2S/c1-20-12-14-22(15-13-20)28-26-10-6-16-32(26)29-25(24-9-3-4-11-27(24)36-29)19-33(28)30(34)31-18-21-7-5-8-23(17-21)35-2/h5-8,10,12-17,28H,3-4,9,11,18-19H2,1-2H3,(H,31,34)/t28-/m1/s1. The molecule has 184 valence electrons. The van der Waals surface area contributed by atoms with Gasteiger partial charge in [0.15, 0.2) is 0 Å². The van der Waals surface area contributed by atoms with Crippen LogP contribution in [0.2, 0.25) is 0 Å². The maximum Gasteiger partial charge on any atom is 0.318 e. The normalized spacial score (nSPS) is 16.5. The summed E-state index contributed by atoms with van der Waals surface area (Å²) in [5.41, 5.74) is 7.27. The van der Waals surface area contributed by atoms with Crippen molar-refractivity contribution in [2.75, 3.05) is 7.11 Å². The minimum atomic E-state index is -0.176. The van der Waals surface area contributed by atoms with Gasteiger partial charge in [0.1, 0.15) is 10.8 Å². The monoisotopic (exact) mass is 497 g/mol. The van der Waals surface area contributed by atoms with Crippen LogP contribution in [0.4, 0.5) is 4.79 Å². The lowest BCUT2D eigenvalue weighted by Crippen LogP contribution is -2.41. The van der Waals surface area contributed by atoms with Crippen LogP contribution < -0.4 is 10.1 Å². The van der Waals surface area contributed by atoms with Crippen LogP contribution in [0.1, 0.15) is 57.3 Å². The van der Waals surface area contributed by atoms with E-state index in [-0.39, 0.29) is 12.1 Å². The fourth-order valence-corrected chi connectivity index (χ4v) is 6.95. The zero-order valence-electron chi connectivity index (χ0n) is 20.8. The van der Waals surface area contributed by atoms with Gasteiger partial charge >= 0.3 is 6.03 Å². The highest BCUT2D eigenvalue weighted by Gasteiger charge is 2.35. The maximum atomic E-state index is 13.9. The molecule has 1 aliphatic carbocycles. The van der Waals surface area contributed by atoms with Crippen molar-refractivity contribution in [3.8, 4) is 10.8 Å². The molecular weight excluding hydrogens is 466 g/mol. The first kappa shape index (κ1) is 22.9. The molecule has 2 amide bonds. The maximum absolute atomic E-state index is 13.9. The van der Waals surface area contributed by atoms with Crippen molar-refractivity contribution in [1.29, 1.82) is 0 Å². The van der Waals surface area contributed by atoms with Crippen LogP contribution in [0, 0.1) is 6.92 Å². The molecule has 0 radical (unpaired) electrons. The van der Waals surface area contributed by atoms with Gasteiger partial charge in [0.25, 0.3) is 0 Å². The van der Waals surface area contributed by atoms with Gasteiger partial charge in [0, 0.05) is 23.2 Å². The first-order chi connectivity index (χ1) is 17.6. The molecule has 0 fully saturated rings. The van der Waals surface area contributed by atoms with Crippen molar-refractivity contribution in [2.45, 2.75) is 51.7 Å². The van der Waals surface area contributed by atoms with E-state index in [1.807, 2.05) is 40.5 Å². The van der Waals surface area contributed by atoms with E-state index in [1.54, 1.807) is 7.11 Å². The average molecular weight is 498 g/mol. The lowest BCUT2D eigenvalue weighted by Gasteiger charge is -2.31. The van der Waals surface area contributed by atoms with Crippen LogP contribution in [0.5, 0.6) is 5.75 Å². The fraction of sp³-hybridized carbons (Fsp3) is 0.300. The second-order valence-corrected chi connectivity index (χ2v) is 10.8. The quantitative estimate of drug-likeness (QED) is 0.348. The van der Waals surface area contributed by atoms with E-state index in [0.717, 1.165) is 35.4 Å². The van der Waals surface area contributed by atoms with Crippen LogP contribution >= 0.6 is 11.3 Å². The van der Waals surface area contributed by atoms with Gasteiger partial charge in [0.05, 0.1) is 25.4 Å². The summed E-state index contributed by atoms with van der Waals surface area (Å²) >= 11 is 1.92. The topological polar surface area (TPSA) is 46.5 Å². The number of nitrogens with one attached hydrogen (secondary N) is 1. The summed E-state index contributed by atoms with van der Waals surface area (Å²) in [4.78, 5) is 17.5. The van der Waals surface area contributed by atoms with E-state index in [1.165, 1.54) is 39.4 Å². The summed E-state index contributed by atoms with van der Waals surface area (Å²) in [6.07, 6.45) is 6.88. The smallest absolute Gasteiger partial charge is 0.318 e. The SMILES string of the molecule is COc1cccc(CNC(=O)N2Cc3c(sc4c3CCCC4)-n3cccc3[C@H]2c2ccc(C)cc2)c1. The summed E-state index contributed by atoms with van der Waals surface area (Å²) in [6.45, 7) is 3.15. The number of carbonyl (C=O) groups is 1. The molecule has 0 bridgehead atoms. The second-order valence-electron chi connectivity index (χ2n) is 9.75. The molecule has 2 aliphatic rings. The van der Waals surface area contributed by atoms with Gasteiger partial charge in [-0.05, 0) is 73.6 Å². The zero-order chi connectivity index (χ0) is 24.6. The third-order valence-corrected chi connectivity index (χ3v) is 8.74. The van der Waals surface area contributed by atoms with Gasteiger partial charge < -0.3 is 19.5 Å². The summed E-state index contributed by atoms with van der Waals surface area (Å²) in [5, 5.41) is 4.49. The van der Waals surface area contributed by atoms with Crippen molar-refractivity contribution in [1.82, 2.24) is 14.8 Å². The lowest BCUT2D eigenvalue weighted by atomic mass is 9.95. The molecular formula is C30H31N3O2S. The number of hydrogen-bond donors (Lipinski definition) is 1. The number of benzene rings is 2. The second kappa shape index (κ2) is 9.51. The fourth-order valence-electron chi connectivity index (χ4n) is 5.55. The molecule has 3 heterocycles. The van der Waals surface area contributed by atoms with Crippen LogP contribution in [-0.4, -0.2) is 22.6 Å². The first-order valence-corrected chi connectivity index (χ1v) is 13.5. The summed E-state index contributed by atoms with van der Waals surface area (Å²) in [6, 6.07) is 20.5. The highest BCUT2D eigenvalue weighted by atomic mass is 32.1. The number of aryl methyl sites for hydroxylation is 2. The number of aromatic nitrogens is 1. The molecule has 2 aromatic carbocycles. The minimum Gasteiger partial charge on any atom is -0.497 e. The Kier molecular flexibility index (Phi) is 6.05. The molecule has 1 aliphatic heterocycles. The van der Waals surface area contributed by atoms with Crippen molar-refractivity contribution in [3.05, 3.63) is 105 Å². The van der Waals surface area contributed by atoms with Gasteiger partial charge in [-0.2, -0.15) is 0 Å². The molecule has 6 rings (SSSR count). The Bertz CT molecular complexity index is 1400. The van der Waals surface area contributed by atoms with Crippen LogP contribution in [0.25, 0.3) is 5.00 Å². The number of urea groups is 1. The molecule has 0 unspecified atom stereocenters. The van der Waals surface area contributed by atoms with E-state index in [2.05, 4.69) is 59.4 Å². The van der Waals surface area contributed by atoms with E-state index in [9.17, 15) is 4.79 Å². The van der Waals surface area contributed by atoms with Crippen molar-refractivity contribution < 1.29 is 9.53 Å². The van der Waals surface area contributed by atoms with Gasteiger partial charge in [-0.25, -0.2) is 4.79 Å². The molecule has 1 N–H and O–H groups in total. The Morgan fingerprint density at radius 1 is 1.06 bits per heavy atom. The van der Waals surface area contributed by atoms with Crippen molar-refractivity contribution >= 4 is 17.4 Å². The van der Waals surface area contributed by atoms with E-state index in [4.69, 9.17) is 4.74 Å². The Labute approximate surface area is 216 Å². The van der Waals surface area contributed by atoms with Gasteiger partial charge in [-0.1, -0.05) is 42.0 Å². The predicted molar refractivity (Wildman–Crippen MR) is 144 cm³/mol. The molecule has 5 nitrogen and oxygen atoms in total. The van der Waals surface area contributed by atoms with Crippen LogP contribution in [0.15, 0.2) is 66.9 Å². The highest BCUT2D eigenvalue weighted by molar-refractivity contribution is 7.15. The first-order valence-electron chi connectivity index (χ1n) is 12.7. The molecule has 4 aromatic rings. The zero-order valence-corrected chi connectivity index (χ0v) is 21.6. The van der Waals surface area contributed by atoms with Crippen LogP contribution in [-0.2, 0) is 25.9 Å². The molecule has 0 spiro atoms. The lowest BCUT2D eigenvalue weighted by molar-refractivity contribution is 0.180. The molecule has 1 atom stereocenters.